The maximum atomic E-state index is 13.5. The van der Waals surface area contributed by atoms with Crippen molar-refractivity contribution < 1.29 is 23.9 Å². The van der Waals surface area contributed by atoms with Crippen molar-refractivity contribution in [2.75, 3.05) is 19.6 Å². The summed E-state index contributed by atoms with van der Waals surface area (Å²) in [5.74, 6) is -1.52. The Hall–Kier alpha value is -4.86. The molecule has 0 spiro atoms. The molecule has 1 fully saturated rings. The van der Waals surface area contributed by atoms with Crippen molar-refractivity contribution in [2.45, 2.75) is 37.5 Å². The highest BCUT2D eigenvalue weighted by atomic mass is 35.5. The second-order valence-electron chi connectivity index (χ2n) is 11.9. The van der Waals surface area contributed by atoms with E-state index in [-0.39, 0.29) is 52.2 Å². The quantitative estimate of drug-likeness (QED) is 0.176. The smallest absolute Gasteiger partial charge is 0.330 e. The van der Waals surface area contributed by atoms with Gasteiger partial charge < -0.3 is 25.6 Å². The van der Waals surface area contributed by atoms with Gasteiger partial charge >= 0.3 is 12.0 Å². The van der Waals surface area contributed by atoms with Crippen molar-refractivity contribution >= 4 is 47.0 Å². The normalized spacial score (nSPS) is 15.9. The number of ether oxygens (including phenoxy) is 1. The van der Waals surface area contributed by atoms with Crippen molar-refractivity contribution in [3.63, 3.8) is 0 Å². The highest BCUT2D eigenvalue weighted by Gasteiger charge is 2.33. The largest absolute Gasteiger partial charge is 0.459 e. The van der Waals surface area contributed by atoms with Crippen LogP contribution in [0.1, 0.15) is 61.4 Å². The van der Waals surface area contributed by atoms with Crippen LogP contribution in [0.15, 0.2) is 97.1 Å². The fourth-order valence-electron chi connectivity index (χ4n) is 6.04. The van der Waals surface area contributed by atoms with Crippen molar-refractivity contribution in [3.8, 4) is 0 Å². The van der Waals surface area contributed by atoms with Gasteiger partial charge in [0.05, 0.1) is 28.2 Å². The van der Waals surface area contributed by atoms with Gasteiger partial charge in [-0.15, -0.1) is 0 Å². The van der Waals surface area contributed by atoms with E-state index in [1.807, 2.05) is 72.8 Å². The summed E-state index contributed by atoms with van der Waals surface area (Å²) in [5.41, 5.74) is 4.30. The van der Waals surface area contributed by atoms with E-state index in [9.17, 15) is 19.2 Å². The van der Waals surface area contributed by atoms with Gasteiger partial charge in [0, 0.05) is 24.6 Å². The summed E-state index contributed by atoms with van der Waals surface area (Å²) in [6, 6.07) is 27.8. The number of amides is 4. The molecule has 11 heteroatoms. The number of hydrogen-bond donors (Lipinski definition) is 3. The average Bonchev–Trinajstić information content (AvgIpc) is 3.47. The van der Waals surface area contributed by atoms with Gasteiger partial charge in [-0.05, 0) is 47.2 Å². The molecule has 246 valence electrons. The first-order valence-electron chi connectivity index (χ1n) is 15.7. The van der Waals surface area contributed by atoms with E-state index >= 15 is 0 Å². The molecule has 1 aliphatic heterocycles. The SMILES string of the molecule is O=C(NC[C@H](NC(=O)c1c(Cl)cc(C(=O)N2CC(c3ccccc3)C2)cc1Cl)C(=O)OCc1ccccc1)N[C@H]1CCc2ccccc21. The molecular formula is C37H34Cl2N4O5. The molecular weight excluding hydrogens is 651 g/mol. The van der Waals surface area contributed by atoms with Gasteiger partial charge in [-0.2, -0.15) is 0 Å². The average molecular weight is 686 g/mol. The number of esters is 1. The summed E-state index contributed by atoms with van der Waals surface area (Å²) in [6.07, 6.45) is 1.61. The molecule has 3 N–H and O–H groups in total. The molecule has 6 rings (SSSR count). The molecule has 4 amide bonds. The van der Waals surface area contributed by atoms with E-state index in [0.717, 1.165) is 29.5 Å². The minimum atomic E-state index is -1.27. The number of hydrogen-bond acceptors (Lipinski definition) is 5. The van der Waals surface area contributed by atoms with E-state index in [4.69, 9.17) is 27.9 Å². The lowest BCUT2D eigenvalue weighted by Crippen LogP contribution is -2.51. The summed E-state index contributed by atoms with van der Waals surface area (Å²) in [6.45, 7) is 0.821. The van der Waals surface area contributed by atoms with Crippen LogP contribution in [-0.2, 0) is 22.6 Å². The molecule has 4 aromatic rings. The maximum Gasteiger partial charge on any atom is 0.330 e. The van der Waals surface area contributed by atoms with E-state index in [0.29, 0.717) is 13.1 Å². The van der Waals surface area contributed by atoms with E-state index in [1.165, 1.54) is 17.7 Å². The van der Waals surface area contributed by atoms with Crippen LogP contribution >= 0.6 is 23.2 Å². The Bertz CT molecular complexity index is 1790. The van der Waals surface area contributed by atoms with E-state index < -0.39 is 23.9 Å². The zero-order chi connectivity index (χ0) is 33.6. The predicted molar refractivity (Wildman–Crippen MR) is 183 cm³/mol. The Morgan fingerprint density at radius 1 is 0.854 bits per heavy atom. The molecule has 4 aromatic carbocycles. The molecule has 0 saturated carbocycles. The number of benzene rings is 4. The molecule has 0 bridgehead atoms. The Balaban J connectivity index is 1.11. The van der Waals surface area contributed by atoms with Crippen LogP contribution in [0.4, 0.5) is 4.79 Å². The highest BCUT2D eigenvalue weighted by Crippen LogP contribution is 2.32. The number of carbonyl (C=O) groups excluding carboxylic acids is 4. The Kier molecular flexibility index (Phi) is 10.3. The van der Waals surface area contributed by atoms with Gasteiger partial charge in [0.25, 0.3) is 11.8 Å². The van der Waals surface area contributed by atoms with Gasteiger partial charge in [-0.1, -0.05) is 108 Å². The molecule has 1 saturated heterocycles. The third-order valence-corrected chi connectivity index (χ3v) is 9.27. The highest BCUT2D eigenvalue weighted by molar-refractivity contribution is 6.40. The fraction of sp³-hybridized carbons (Fsp3) is 0.243. The zero-order valence-corrected chi connectivity index (χ0v) is 27.5. The first kappa shape index (κ1) is 33.1. The van der Waals surface area contributed by atoms with E-state index in [2.05, 4.69) is 16.0 Å². The summed E-state index contributed by atoms with van der Waals surface area (Å²) < 4.78 is 5.49. The second kappa shape index (κ2) is 14.9. The molecule has 9 nitrogen and oxygen atoms in total. The number of aryl methyl sites for hydroxylation is 1. The van der Waals surface area contributed by atoms with Crippen molar-refractivity contribution in [2.24, 2.45) is 0 Å². The summed E-state index contributed by atoms with van der Waals surface area (Å²) in [4.78, 5) is 54.5. The third kappa shape index (κ3) is 7.64. The third-order valence-electron chi connectivity index (χ3n) is 8.67. The lowest BCUT2D eigenvalue weighted by atomic mass is 9.91. The standard InChI is InChI=1S/C37H34Cl2N4O5/c38-29-17-26(35(45)43-20-27(21-43)24-11-5-2-6-12-24)18-30(39)33(29)34(44)41-32(36(46)48-22-23-9-3-1-4-10-23)19-40-37(47)42-31-16-15-25-13-7-8-14-28(25)31/h1-14,17-18,27,31-32H,15-16,19-22H2,(H,41,44)(H2,40,42,47)/t31-,32-/m0/s1. The fourth-order valence-corrected chi connectivity index (χ4v) is 6.70. The Labute approximate surface area is 288 Å². The number of rotatable bonds is 10. The van der Waals surface area contributed by atoms with Crippen LogP contribution in [-0.4, -0.2) is 54.4 Å². The van der Waals surface area contributed by atoms with Crippen LogP contribution in [0.5, 0.6) is 0 Å². The Morgan fingerprint density at radius 3 is 2.21 bits per heavy atom. The van der Waals surface area contributed by atoms with Gasteiger partial charge in [0.1, 0.15) is 12.6 Å². The van der Waals surface area contributed by atoms with Crippen molar-refractivity contribution in [1.29, 1.82) is 0 Å². The topological polar surface area (TPSA) is 117 Å². The number of urea groups is 1. The summed E-state index contributed by atoms with van der Waals surface area (Å²) in [7, 11) is 0. The molecule has 0 aromatic heterocycles. The molecule has 1 heterocycles. The molecule has 1 aliphatic carbocycles. The predicted octanol–water partition coefficient (Wildman–Crippen LogP) is 6.06. The molecule has 0 radical (unpaired) electrons. The lowest BCUT2D eigenvalue weighted by molar-refractivity contribution is -0.147. The summed E-state index contributed by atoms with van der Waals surface area (Å²) >= 11 is 13.0. The number of nitrogens with zero attached hydrogens (tertiary/aromatic N) is 1. The van der Waals surface area contributed by atoms with E-state index in [1.54, 1.807) is 17.0 Å². The first-order chi connectivity index (χ1) is 23.3. The zero-order valence-electron chi connectivity index (χ0n) is 26.0. The number of fused-ring (bicyclic) bond motifs is 1. The van der Waals surface area contributed by atoms with Gasteiger partial charge in [0.2, 0.25) is 0 Å². The number of carbonyl (C=O) groups is 4. The monoisotopic (exact) mass is 684 g/mol. The van der Waals surface area contributed by atoms with Crippen LogP contribution in [0.3, 0.4) is 0 Å². The van der Waals surface area contributed by atoms with Crippen LogP contribution in [0.2, 0.25) is 10.0 Å². The number of halogens is 2. The van der Waals surface area contributed by atoms with Crippen LogP contribution in [0.25, 0.3) is 0 Å². The van der Waals surface area contributed by atoms with Crippen molar-refractivity contribution in [1.82, 2.24) is 20.9 Å². The van der Waals surface area contributed by atoms with Gasteiger partial charge in [-0.25, -0.2) is 9.59 Å². The van der Waals surface area contributed by atoms with Crippen molar-refractivity contribution in [3.05, 3.63) is 140 Å². The Morgan fingerprint density at radius 2 is 1.50 bits per heavy atom. The number of nitrogens with one attached hydrogen (secondary N) is 3. The minimum absolute atomic E-state index is 0.0307. The van der Waals surface area contributed by atoms with Gasteiger partial charge in [0.15, 0.2) is 0 Å². The second-order valence-corrected chi connectivity index (χ2v) is 12.7. The first-order valence-corrected chi connectivity index (χ1v) is 16.5. The summed E-state index contributed by atoms with van der Waals surface area (Å²) in [5, 5.41) is 8.15. The molecule has 0 unspecified atom stereocenters. The van der Waals surface area contributed by atoms with Gasteiger partial charge in [-0.3, -0.25) is 9.59 Å². The number of likely N-dealkylation sites (tertiary alicyclic amines) is 1. The van der Waals surface area contributed by atoms with Crippen LogP contribution < -0.4 is 16.0 Å². The minimum Gasteiger partial charge on any atom is -0.459 e. The maximum absolute atomic E-state index is 13.5. The lowest BCUT2D eigenvalue weighted by Gasteiger charge is -2.39. The van der Waals surface area contributed by atoms with Crippen LogP contribution in [0, 0.1) is 0 Å². The molecule has 2 aliphatic rings. The molecule has 48 heavy (non-hydrogen) atoms. The molecule has 2 atom stereocenters.